The van der Waals surface area contributed by atoms with Gasteiger partial charge in [0.15, 0.2) is 7.14 Å². The third-order valence-corrected chi connectivity index (χ3v) is 8.36. The fraction of sp³-hybridized carbons (Fsp3) is 0.667. The molecule has 0 saturated heterocycles. The molecule has 2 fully saturated rings. The quantitative estimate of drug-likeness (QED) is 0.634. The van der Waals surface area contributed by atoms with Crippen LogP contribution < -0.4 is 5.50 Å². The Bertz CT molecular complexity index is 393. The zero-order valence-corrected chi connectivity index (χ0v) is 10.7. The summed E-state index contributed by atoms with van der Waals surface area (Å²) in [4.78, 5) is 0. The van der Waals surface area contributed by atoms with E-state index in [1.54, 1.807) is 6.20 Å². The molecule has 1 heterocycles. The Morgan fingerprint density at radius 1 is 1.36 bits per heavy atom. The van der Waals surface area contributed by atoms with E-state index in [1.165, 1.54) is 0 Å². The van der Waals surface area contributed by atoms with Crippen LogP contribution in [0.2, 0.25) is 0 Å². The van der Waals surface area contributed by atoms with Crippen molar-refractivity contribution in [3.8, 4) is 0 Å². The number of hydrogen-bond acceptors (Lipinski definition) is 3. The first kappa shape index (κ1) is 9.40. The number of aromatic nitrogens is 1. The van der Waals surface area contributed by atoms with Gasteiger partial charge in [0.05, 0.1) is 9.77 Å². The van der Waals surface area contributed by atoms with Crippen molar-refractivity contribution in [2.24, 2.45) is 0 Å². The van der Waals surface area contributed by atoms with Crippen LogP contribution >= 0.6 is 29.7 Å². The minimum absolute atomic E-state index is 0.413. The van der Waals surface area contributed by atoms with Gasteiger partial charge in [0, 0.05) is 11.3 Å². The summed E-state index contributed by atoms with van der Waals surface area (Å²) in [6.45, 7) is 0. The van der Waals surface area contributed by atoms with E-state index in [0.717, 1.165) is 29.3 Å². The van der Waals surface area contributed by atoms with E-state index in [1.807, 2.05) is 0 Å². The first-order chi connectivity index (χ1) is 6.73. The average Bonchev–Trinajstić information content (AvgIpc) is 3.00. The van der Waals surface area contributed by atoms with Crippen molar-refractivity contribution in [2.75, 3.05) is 0 Å². The van der Waals surface area contributed by atoms with E-state index in [9.17, 15) is 4.57 Å². The largest absolute Gasteiger partial charge is 0.352 e. The molecule has 3 rings (SSSR count). The summed E-state index contributed by atoms with van der Waals surface area (Å²) < 4.78 is 19.0. The molecule has 2 aliphatic carbocycles. The summed E-state index contributed by atoms with van der Waals surface area (Å²) in [5, 5.41) is 3.75. The monoisotopic (exact) mass is 323 g/mol. The maximum atomic E-state index is 12.9. The molecule has 0 aromatic carbocycles. The highest BCUT2D eigenvalue weighted by Gasteiger charge is 2.54. The van der Waals surface area contributed by atoms with Gasteiger partial charge in [-0.05, 0) is 48.3 Å². The average molecular weight is 323 g/mol. The van der Waals surface area contributed by atoms with Crippen molar-refractivity contribution in [2.45, 2.75) is 37.0 Å². The SMILES string of the molecule is O=P(c1oncc1I)(C1CC1)C1CC1. The van der Waals surface area contributed by atoms with Gasteiger partial charge >= 0.3 is 0 Å². The van der Waals surface area contributed by atoms with Crippen LogP contribution in [0.25, 0.3) is 0 Å². The van der Waals surface area contributed by atoms with E-state index in [4.69, 9.17) is 4.52 Å². The molecule has 0 radical (unpaired) electrons. The number of nitrogens with zero attached hydrogens (tertiary/aromatic N) is 1. The van der Waals surface area contributed by atoms with Gasteiger partial charge in [-0.1, -0.05) is 5.16 Å². The van der Waals surface area contributed by atoms with E-state index in [2.05, 4.69) is 27.7 Å². The molecule has 0 amide bonds. The predicted molar refractivity (Wildman–Crippen MR) is 62.5 cm³/mol. The highest BCUT2D eigenvalue weighted by Crippen LogP contribution is 2.69. The highest BCUT2D eigenvalue weighted by atomic mass is 127. The first-order valence-electron chi connectivity index (χ1n) is 4.93. The molecule has 14 heavy (non-hydrogen) atoms. The standard InChI is InChI=1S/C9H11INO2P/c10-8-5-11-13-9(8)14(12,6-1-2-6)7-3-4-7/h5-7H,1-4H2. The normalized spacial score (nSPS) is 22.6. The number of hydrogen-bond donors (Lipinski definition) is 0. The number of rotatable bonds is 3. The Balaban J connectivity index is 2.07. The second-order valence-corrected chi connectivity index (χ2v) is 8.60. The molecule has 5 heteroatoms. The topological polar surface area (TPSA) is 43.1 Å². The first-order valence-corrected chi connectivity index (χ1v) is 7.85. The fourth-order valence-corrected chi connectivity index (χ4v) is 7.00. The van der Waals surface area contributed by atoms with Crippen LogP contribution in [0, 0.1) is 3.57 Å². The van der Waals surface area contributed by atoms with Gasteiger partial charge in [-0.25, -0.2) is 0 Å². The summed E-state index contributed by atoms with van der Waals surface area (Å²) in [5.74, 6) is 0. The van der Waals surface area contributed by atoms with Gasteiger partial charge in [0.2, 0.25) is 5.50 Å². The Morgan fingerprint density at radius 2 is 1.93 bits per heavy atom. The number of halogens is 1. The second kappa shape index (κ2) is 3.08. The Kier molecular flexibility index (Phi) is 2.07. The van der Waals surface area contributed by atoms with Gasteiger partial charge in [-0.3, -0.25) is 0 Å². The van der Waals surface area contributed by atoms with Gasteiger partial charge < -0.3 is 9.09 Å². The zero-order valence-electron chi connectivity index (χ0n) is 7.65. The van der Waals surface area contributed by atoms with Crippen LogP contribution in [0.1, 0.15) is 25.7 Å². The molecule has 1 aromatic heterocycles. The van der Waals surface area contributed by atoms with Crippen LogP contribution in [-0.4, -0.2) is 16.5 Å². The molecule has 3 nitrogen and oxygen atoms in total. The molecule has 0 aliphatic heterocycles. The Labute approximate surface area is 96.1 Å². The molecule has 0 N–H and O–H groups in total. The summed E-state index contributed by atoms with van der Waals surface area (Å²) >= 11 is 2.17. The lowest BCUT2D eigenvalue weighted by Gasteiger charge is -2.13. The van der Waals surface area contributed by atoms with Crippen molar-refractivity contribution in [1.82, 2.24) is 5.16 Å². The van der Waals surface area contributed by atoms with Crippen LogP contribution in [0.4, 0.5) is 0 Å². The lowest BCUT2D eigenvalue weighted by Crippen LogP contribution is -2.12. The zero-order chi connectivity index (χ0) is 9.76. The van der Waals surface area contributed by atoms with E-state index < -0.39 is 7.14 Å². The molecule has 0 atom stereocenters. The van der Waals surface area contributed by atoms with E-state index in [-0.39, 0.29) is 0 Å². The van der Waals surface area contributed by atoms with E-state index >= 15 is 0 Å². The highest BCUT2D eigenvalue weighted by molar-refractivity contribution is 14.1. The van der Waals surface area contributed by atoms with Crippen LogP contribution in [0.5, 0.6) is 0 Å². The summed E-state index contributed by atoms with van der Waals surface area (Å²) in [5.41, 5.74) is 1.54. The predicted octanol–water partition coefficient (Wildman–Crippen LogP) is 2.59. The van der Waals surface area contributed by atoms with Crippen molar-refractivity contribution in [1.29, 1.82) is 0 Å². The molecular formula is C9H11INO2P. The van der Waals surface area contributed by atoms with Gasteiger partial charge in [-0.15, -0.1) is 0 Å². The smallest absolute Gasteiger partial charge is 0.209 e. The molecule has 1 aromatic rings. The Hall–Kier alpha value is 0.170. The van der Waals surface area contributed by atoms with Gasteiger partial charge in [0.25, 0.3) is 0 Å². The molecule has 76 valence electrons. The third-order valence-electron chi connectivity index (χ3n) is 3.01. The summed E-state index contributed by atoms with van der Waals surface area (Å²) in [6.07, 6.45) is 6.14. The van der Waals surface area contributed by atoms with Crippen molar-refractivity contribution in [3.05, 3.63) is 9.77 Å². The van der Waals surface area contributed by atoms with Crippen LogP contribution in [0.15, 0.2) is 10.7 Å². The molecule has 2 saturated carbocycles. The third kappa shape index (κ3) is 1.30. The minimum atomic E-state index is -2.22. The summed E-state index contributed by atoms with van der Waals surface area (Å²) in [7, 11) is -2.22. The van der Waals surface area contributed by atoms with Gasteiger partial charge in [0.1, 0.15) is 0 Å². The van der Waals surface area contributed by atoms with Crippen LogP contribution in [0.3, 0.4) is 0 Å². The van der Waals surface area contributed by atoms with Crippen molar-refractivity contribution < 1.29 is 9.09 Å². The second-order valence-electron chi connectivity index (χ2n) is 4.15. The van der Waals surface area contributed by atoms with Gasteiger partial charge in [-0.2, -0.15) is 0 Å². The lowest BCUT2D eigenvalue weighted by molar-refractivity contribution is 0.440. The van der Waals surface area contributed by atoms with Crippen LogP contribution in [-0.2, 0) is 4.57 Å². The molecule has 2 aliphatic rings. The minimum Gasteiger partial charge on any atom is -0.352 e. The molecule has 0 bridgehead atoms. The Morgan fingerprint density at radius 3 is 2.29 bits per heavy atom. The maximum absolute atomic E-state index is 12.9. The van der Waals surface area contributed by atoms with E-state index in [0.29, 0.717) is 16.8 Å². The summed E-state index contributed by atoms with van der Waals surface area (Å²) in [6, 6.07) is 0. The maximum Gasteiger partial charge on any atom is 0.209 e. The lowest BCUT2D eigenvalue weighted by atomic mass is 10.8. The van der Waals surface area contributed by atoms with Crippen molar-refractivity contribution >= 4 is 35.2 Å². The fourth-order valence-electron chi connectivity index (χ4n) is 2.00. The molecule has 0 spiro atoms. The molecular weight excluding hydrogens is 312 g/mol. The van der Waals surface area contributed by atoms with Crippen molar-refractivity contribution in [3.63, 3.8) is 0 Å². The molecule has 0 unspecified atom stereocenters.